The number of urea groups is 1. The van der Waals surface area contributed by atoms with E-state index < -0.39 is 6.03 Å². The molecule has 2 fully saturated rings. The number of fused-ring (bicyclic) bond motifs is 2. The minimum Gasteiger partial charge on any atom is -0.351 e. The fraction of sp³-hybridized carbons (Fsp3) is 0.909. The molecular weight excluding hydrogens is 190 g/mol. The van der Waals surface area contributed by atoms with Crippen LogP contribution in [0, 0.1) is 16.7 Å². The van der Waals surface area contributed by atoms with Gasteiger partial charge in [-0.15, -0.1) is 0 Å². The summed E-state index contributed by atoms with van der Waals surface area (Å²) >= 11 is 0. The highest BCUT2D eigenvalue weighted by Gasteiger charge is 2.61. The molecular formula is C11H21N3O. The highest BCUT2D eigenvalue weighted by molar-refractivity contribution is 5.70. The average Bonchev–Trinajstić information content (AvgIpc) is 2.46. The van der Waals surface area contributed by atoms with Crippen molar-refractivity contribution in [3.63, 3.8) is 0 Å². The number of primary amides is 1. The van der Waals surface area contributed by atoms with Gasteiger partial charge in [-0.2, -0.15) is 0 Å². The molecule has 4 nitrogen and oxygen atoms in total. The van der Waals surface area contributed by atoms with Gasteiger partial charge in [-0.25, -0.2) is 10.2 Å². The van der Waals surface area contributed by atoms with Crippen LogP contribution in [0.15, 0.2) is 0 Å². The molecule has 2 rings (SSSR count). The van der Waals surface area contributed by atoms with Crippen LogP contribution in [-0.4, -0.2) is 12.1 Å². The van der Waals surface area contributed by atoms with Crippen LogP contribution in [0.25, 0.3) is 0 Å². The molecule has 0 aromatic rings. The Labute approximate surface area is 90.9 Å². The number of hydrogen-bond acceptors (Lipinski definition) is 2. The summed E-state index contributed by atoms with van der Waals surface area (Å²) in [5.74, 6) is 0.773. The summed E-state index contributed by atoms with van der Waals surface area (Å²) in [7, 11) is 0. The summed E-state index contributed by atoms with van der Waals surface area (Å²) in [6, 6.07) is -0.141. The molecule has 0 aliphatic heterocycles. The Morgan fingerprint density at radius 3 is 2.47 bits per heavy atom. The molecule has 2 aliphatic carbocycles. The number of hydrazine groups is 1. The molecule has 4 N–H and O–H groups in total. The van der Waals surface area contributed by atoms with Gasteiger partial charge in [-0.3, -0.25) is 5.43 Å². The Morgan fingerprint density at radius 1 is 1.40 bits per heavy atom. The Kier molecular flexibility index (Phi) is 2.23. The number of carbonyl (C=O) groups is 1. The quantitative estimate of drug-likeness (QED) is 0.604. The summed E-state index contributed by atoms with van der Waals surface area (Å²) < 4.78 is 0. The standard InChI is InChI=1S/C11H21N3O/c1-10(2)7-4-5-11(10,3)8(6-7)13-14-9(12)15/h7-8,13H,4-6H2,1-3H3,(H3,12,14,15). The summed E-state index contributed by atoms with van der Waals surface area (Å²) in [5.41, 5.74) is 11.3. The number of hydrogen-bond donors (Lipinski definition) is 3. The van der Waals surface area contributed by atoms with E-state index in [-0.39, 0.29) is 5.41 Å². The second kappa shape index (κ2) is 3.11. The monoisotopic (exact) mass is 211 g/mol. The number of carbonyl (C=O) groups excluding carboxylic acids is 1. The van der Waals surface area contributed by atoms with E-state index in [4.69, 9.17) is 5.73 Å². The van der Waals surface area contributed by atoms with Crippen molar-refractivity contribution in [2.75, 3.05) is 0 Å². The first-order chi connectivity index (χ1) is 6.88. The first kappa shape index (κ1) is 10.7. The van der Waals surface area contributed by atoms with Crippen molar-refractivity contribution in [1.82, 2.24) is 10.9 Å². The zero-order valence-electron chi connectivity index (χ0n) is 9.76. The van der Waals surface area contributed by atoms with Gasteiger partial charge in [-0.1, -0.05) is 20.8 Å². The lowest BCUT2D eigenvalue weighted by molar-refractivity contribution is 0.115. The van der Waals surface area contributed by atoms with Gasteiger partial charge in [0.05, 0.1) is 0 Å². The summed E-state index contributed by atoms with van der Waals surface area (Å²) in [5, 5.41) is 0. The van der Waals surface area contributed by atoms with E-state index in [1.54, 1.807) is 0 Å². The van der Waals surface area contributed by atoms with Gasteiger partial charge >= 0.3 is 6.03 Å². The lowest BCUT2D eigenvalue weighted by Gasteiger charge is -2.39. The van der Waals surface area contributed by atoms with Gasteiger partial charge in [0.25, 0.3) is 0 Å². The van der Waals surface area contributed by atoms with Crippen molar-refractivity contribution in [3.05, 3.63) is 0 Å². The van der Waals surface area contributed by atoms with E-state index in [0.717, 1.165) is 12.3 Å². The SMILES string of the molecule is CC1(C)C2CCC1(C)C(NNC(N)=O)C2. The lowest BCUT2D eigenvalue weighted by atomic mass is 9.69. The van der Waals surface area contributed by atoms with E-state index in [1.165, 1.54) is 12.8 Å². The van der Waals surface area contributed by atoms with Crippen LogP contribution in [0.1, 0.15) is 40.0 Å². The van der Waals surface area contributed by atoms with Crippen molar-refractivity contribution in [1.29, 1.82) is 0 Å². The highest BCUT2D eigenvalue weighted by atomic mass is 16.2. The Bertz CT molecular complexity index is 290. The molecule has 0 saturated heterocycles. The Hall–Kier alpha value is -0.770. The van der Waals surface area contributed by atoms with Crippen molar-refractivity contribution in [2.45, 2.75) is 46.1 Å². The van der Waals surface area contributed by atoms with Gasteiger partial charge < -0.3 is 5.73 Å². The van der Waals surface area contributed by atoms with Crippen LogP contribution in [0.3, 0.4) is 0 Å². The number of rotatable bonds is 2. The molecule has 0 heterocycles. The number of nitrogens with two attached hydrogens (primary N) is 1. The van der Waals surface area contributed by atoms with Crippen LogP contribution in [0.5, 0.6) is 0 Å². The molecule has 3 unspecified atom stereocenters. The van der Waals surface area contributed by atoms with Crippen LogP contribution in [0.2, 0.25) is 0 Å². The topological polar surface area (TPSA) is 67.2 Å². The molecule has 0 radical (unpaired) electrons. The van der Waals surface area contributed by atoms with E-state index >= 15 is 0 Å². The normalized spacial score (nSPS) is 41.8. The van der Waals surface area contributed by atoms with Crippen LogP contribution in [-0.2, 0) is 0 Å². The molecule has 3 atom stereocenters. The maximum absolute atomic E-state index is 10.7. The van der Waals surface area contributed by atoms with E-state index in [2.05, 4.69) is 31.6 Å². The van der Waals surface area contributed by atoms with Crippen molar-refractivity contribution in [2.24, 2.45) is 22.5 Å². The minimum absolute atomic E-state index is 0.278. The summed E-state index contributed by atoms with van der Waals surface area (Å²) in [6.07, 6.45) is 3.70. The zero-order chi connectivity index (χ0) is 11.3. The third-order valence-electron chi connectivity index (χ3n) is 5.16. The molecule has 2 amide bonds. The summed E-state index contributed by atoms with van der Waals surface area (Å²) in [4.78, 5) is 10.7. The van der Waals surface area contributed by atoms with Crippen molar-refractivity contribution < 1.29 is 4.79 Å². The maximum Gasteiger partial charge on any atom is 0.326 e. The average molecular weight is 211 g/mol. The van der Waals surface area contributed by atoms with Gasteiger partial charge in [-0.05, 0) is 36.0 Å². The van der Waals surface area contributed by atoms with Gasteiger partial charge in [0.15, 0.2) is 0 Å². The molecule has 2 bridgehead atoms. The second-order valence-electron chi connectivity index (χ2n) is 5.80. The van der Waals surface area contributed by atoms with E-state index in [1.807, 2.05) is 0 Å². The first-order valence-electron chi connectivity index (χ1n) is 5.69. The van der Waals surface area contributed by atoms with Crippen LogP contribution >= 0.6 is 0 Å². The van der Waals surface area contributed by atoms with E-state index in [9.17, 15) is 4.79 Å². The molecule has 15 heavy (non-hydrogen) atoms. The van der Waals surface area contributed by atoms with Gasteiger partial charge in [0.2, 0.25) is 0 Å². The van der Waals surface area contributed by atoms with Crippen molar-refractivity contribution in [3.8, 4) is 0 Å². The van der Waals surface area contributed by atoms with E-state index in [0.29, 0.717) is 11.5 Å². The summed E-state index contributed by atoms with van der Waals surface area (Å²) in [6.45, 7) is 7.01. The first-order valence-corrected chi connectivity index (χ1v) is 5.69. The van der Waals surface area contributed by atoms with Crippen LogP contribution in [0.4, 0.5) is 4.79 Å². The number of nitrogens with one attached hydrogen (secondary N) is 2. The largest absolute Gasteiger partial charge is 0.351 e. The molecule has 86 valence electrons. The fourth-order valence-corrected chi connectivity index (χ4v) is 3.58. The van der Waals surface area contributed by atoms with Gasteiger partial charge in [0.1, 0.15) is 0 Å². The van der Waals surface area contributed by atoms with Crippen LogP contribution < -0.4 is 16.6 Å². The Morgan fingerprint density at radius 2 is 2.07 bits per heavy atom. The second-order valence-corrected chi connectivity index (χ2v) is 5.80. The third-order valence-corrected chi connectivity index (χ3v) is 5.16. The third kappa shape index (κ3) is 1.34. The minimum atomic E-state index is -0.501. The molecule has 0 aromatic heterocycles. The lowest BCUT2D eigenvalue weighted by Crippen LogP contribution is -2.53. The Balaban J connectivity index is 2.09. The predicted molar refractivity (Wildman–Crippen MR) is 58.9 cm³/mol. The smallest absolute Gasteiger partial charge is 0.326 e. The highest BCUT2D eigenvalue weighted by Crippen LogP contribution is 2.65. The number of amides is 2. The fourth-order valence-electron chi connectivity index (χ4n) is 3.58. The molecule has 4 heteroatoms. The molecule has 0 aromatic carbocycles. The maximum atomic E-state index is 10.7. The molecule has 2 aliphatic rings. The van der Waals surface area contributed by atoms with Crippen molar-refractivity contribution >= 4 is 6.03 Å². The van der Waals surface area contributed by atoms with Gasteiger partial charge in [0, 0.05) is 6.04 Å². The molecule has 0 spiro atoms. The molecule has 2 saturated carbocycles. The predicted octanol–water partition coefficient (Wildman–Crippen LogP) is 1.37. The zero-order valence-corrected chi connectivity index (χ0v) is 9.76.